The van der Waals surface area contributed by atoms with E-state index in [1.54, 1.807) is 20.8 Å². The number of hydrogen-bond acceptors (Lipinski definition) is 7. The van der Waals surface area contributed by atoms with Crippen molar-refractivity contribution in [2.45, 2.75) is 57.7 Å². The van der Waals surface area contributed by atoms with Crippen molar-refractivity contribution in [2.75, 3.05) is 6.54 Å². The van der Waals surface area contributed by atoms with Gasteiger partial charge in [0.2, 0.25) is 11.7 Å². The van der Waals surface area contributed by atoms with Gasteiger partial charge in [-0.3, -0.25) is 9.69 Å². The van der Waals surface area contributed by atoms with E-state index >= 15 is 0 Å². The lowest BCUT2D eigenvalue weighted by Crippen LogP contribution is -2.47. The second-order valence-corrected chi connectivity index (χ2v) is 8.39. The molecule has 3 heterocycles. The molecule has 0 aromatic carbocycles. The Labute approximate surface area is 186 Å². The van der Waals surface area contributed by atoms with Crippen LogP contribution in [0.3, 0.4) is 0 Å². The molecular weight excluding hydrogens is 448 g/mol. The number of amides is 2. The van der Waals surface area contributed by atoms with Gasteiger partial charge in [-0.05, 0) is 26.8 Å². The van der Waals surface area contributed by atoms with Crippen LogP contribution in [0, 0.1) is 0 Å². The molecule has 2 aromatic rings. The first kappa shape index (κ1) is 24.3. The fraction of sp³-hybridized carbons (Fsp3) is 0.500. The molecule has 178 valence electrons. The molecule has 0 aliphatic carbocycles. The number of carbonyl (C=O) groups is 2. The molecule has 33 heavy (non-hydrogen) atoms. The smallest absolute Gasteiger partial charge is 0.444 e. The molecule has 3 rings (SSSR count). The second kappa shape index (κ2) is 9.24. The summed E-state index contributed by atoms with van der Waals surface area (Å²) < 4.78 is 57.1. The van der Waals surface area contributed by atoms with E-state index in [1.165, 1.54) is 12.4 Å². The number of likely N-dealkylation sites (tertiary alicyclic amines) is 1. The molecule has 2 aromatic heterocycles. The van der Waals surface area contributed by atoms with Crippen LogP contribution in [-0.4, -0.2) is 61.2 Å². The van der Waals surface area contributed by atoms with Crippen LogP contribution in [0.1, 0.15) is 38.7 Å². The summed E-state index contributed by atoms with van der Waals surface area (Å²) in [4.78, 5) is 40.6. The monoisotopic (exact) mass is 470 g/mol. The number of hydrogen-bond donors (Lipinski definition) is 1. The van der Waals surface area contributed by atoms with E-state index in [1.807, 2.05) is 0 Å². The Hall–Kier alpha value is -3.38. The molecule has 0 unspecified atom stereocenters. The minimum absolute atomic E-state index is 0.0779. The molecular formula is C20H22F4N6O3. The average molecular weight is 470 g/mol. The van der Waals surface area contributed by atoms with E-state index in [9.17, 15) is 27.2 Å². The van der Waals surface area contributed by atoms with Gasteiger partial charge < -0.3 is 10.1 Å². The van der Waals surface area contributed by atoms with Crippen molar-refractivity contribution >= 4 is 12.0 Å². The first-order chi connectivity index (χ1) is 15.3. The van der Waals surface area contributed by atoms with Gasteiger partial charge in [0.1, 0.15) is 24.1 Å². The van der Waals surface area contributed by atoms with Crippen molar-refractivity contribution in [3.05, 3.63) is 36.3 Å². The Morgan fingerprint density at radius 1 is 1.15 bits per heavy atom. The normalized spacial score (nSPS) is 18.8. The summed E-state index contributed by atoms with van der Waals surface area (Å²) in [5.74, 6) is -1.86. The van der Waals surface area contributed by atoms with E-state index in [-0.39, 0.29) is 30.8 Å². The number of rotatable bonds is 4. The highest BCUT2D eigenvalue weighted by molar-refractivity contribution is 5.86. The van der Waals surface area contributed by atoms with E-state index in [0.717, 1.165) is 17.3 Å². The molecule has 13 heteroatoms. The van der Waals surface area contributed by atoms with Gasteiger partial charge in [-0.25, -0.2) is 29.1 Å². The first-order valence-electron chi connectivity index (χ1n) is 9.95. The number of aromatic nitrogens is 4. The molecule has 0 bridgehead atoms. The summed E-state index contributed by atoms with van der Waals surface area (Å²) in [7, 11) is 0. The lowest BCUT2D eigenvalue weighted by molar-refractivity contribution is -0.145. The summed E-state index contributed by atoms with van der Waals surface area (Å²) in [5, 5.41) is 2.59. The van der Waals surface area contributed by atoms with Crippen LogP contribution in [0.4, 0.5) is 22.4 Å². The van der Waals surface area contributed by atoms with Crippen LogP contribution in [0.5, 0.6) is 0 Å². The SMILES string of the molecule is CC(C)(C)OC(=O)N1C[C@H](F)C[C@@H]1C(=O)NCc1cc(-c2cnc(C(F)(F)F)nc2)ncn1. The maximum atomic E-state index is 14.0. The summed E-state index contributed by atoms with van der Waals surface area (Å²) in [6, 6.07) is 0.407. The zero-order valence-electron chi connectivity index (χ0n) is 18.1. The summed E-state index contributed by atoms with van der Waals surface area (Å²) in [6.45, 7) is 4.66. The number of carbonyl (C=O) groups excluding carboxylic acids is 2. The minimum Gasteiger partial charge on any atom is -0.444 e. The quantitative estimate of drug-likeness (QED) is 0.684. The van der Waals surface area contributed by atoms with Gasteiger partial charge in [-0.1, -0.05) is 0 Å². The number of nitrogens with one attached hydrogen (secondary N) is 1. The highest BCUT2D eigenvalue weighted by Gasteiger charge is 2.41. The molecule has 1 saturated heterocycles. The Morgan fingerprint density at radius 3 is 2.42 bits per heavy atom. The topological polar surface area (TPSA) is 110 Å². The Kier molecular flexibility index (Phi) is 6.79. The van der Waals surface area contributed by atoms with Crippen LogP contribution in [0.15, 0.2) is 24.8 Å². The summed E-state index contributed by atoms with van der Waals surface area (Å²) >= 11 is 0. The third kappa shape index (κ3) is 6.33. The van der Waals surface area contributed by atoms with Crippen molar-refractivity contribution in [1.29, 1.82) is 0 Å². The van der Waals surface area contributed by atoms with Crippen LogP contribution in [-0.2, 0) is 22.3 Å². The number of halogens is 4. The molecule has 0 radical (unpaired) electrons. The van der Waals surface area contributed by atoms with Gasteiger partial charge in [0.05, 0.1) is 24.5 Å². The zero-order valence-corrected chi connectivity index (χ0v) is 18.1. The second-order valence-electron chi connectivity index (χ2n) is 8.39. The van der Waals surface area contributed by atoms with Gasteiger partial charge >= 0.3 is 12.3 Å². The number of nitrogens with zero attached hydrogens (tertiary/aromatic N) is 5. The average Bonchev–Trinajstić information content (AvgIpc) is 3.12. The molecule has 0 spiro atoms. The zero-order chi connectivity index (χ0) is 24.4. The minimum atomic E-state index is -4.66. The van der Waals surface area contributed by atoms with Gasteiger partial charge in [-0.15, -0.1) is 0 Å². The first-order valence-corrected chi connectivity index (χ1v) is 9.95. The van der Waals surface area contributed by atoms with Crippen LogP contribution >= 0.6 is 0 Å². The summed E-state index contributed by atoms with van der Waals surface area (Å²) in [6.07, 6.45) is -3.82. The molecule has 1 fully saturated rings. The van der Waals surface area contributed by atoms with Crippen molar-refractivity contribution in [3.63, 3.8) is 0 Å². The fourth-order valence-electron chi connectivity index (χ4n) is 3.11. The lowest BCUT2D eigenvalue weighted by Gasteiger charge is -2.27. The maximum Gasteiger partial charge on any atom is 0.451 e. The molecule has 9 nitrogen and oxygen atoms in total. The molecule has 2 atom stereocenters. The van der Waals surface area contributed by atoms with Gasteiger partial charge in [0.25, 0.3) is 0 Å². The van der Waals surface area contributed by atoms with Crippen LogP contribution in [0.25, 0.3) is 11.3 Å². The lowest BCUT2D eigenvalue weighted by atomic mass is 10.2. The Morgan fingerprint density at radius 2 is 1.82 bits per heavy atom. The maximum absolute atomic E-state index is 14.0. The highest BCUT2D eigenvalue weighted by Crippen LogP contribution is 2.27. The van der Waals surface area contributed by atoms with Crippen molar-refractivity contribution in [2.24, 2.45) is 0 Å². The summed E-state index contributed by atoms with van der Waals surface area (Å²) in [5.41, 5.74) is 0.0198. The largest absolute Gasteiger partial charge is 0.451 e. The van der Waals surface area contributed by atoms with E-state index in [0.29, 0.717) is 5.69 Å². The van der Waals surface area contributed by atoms with E-state index in [4.69, 9.17) is 4.74 Å². The van der Waals surface area contributed by atoms with Gasteiger partial charge in [-0.2, -0.15) is 13.2 Å². The number of ether oxygens (including phenoxy) is 1. The molecule has 1 aliphatic heterocycles. The van der Waals surface area contributed by atoms with Crippen molar-refractivity contribution in [3.8, 4) is 11.3 Å². The Balaban J connectivity index is 1.66. The van der Waals surface area contributed by atoms with E-state index in [2.05, 4.69) is 25.3 Å². The highest BCUT2D eigenvalue weighted by atomic mass is 19.4. The van der Waals surface area contributed by atoms with Crippen LogP contribution in [0.2, 0.25) is 0 Å². The fourth-order valence-corrected chi connectivity index (χ4v) is 3.11. The third-order valence-corrected chi connectivity index (χ3v) is 4.55. The standard InChI is InChI=1S/C20H22F4N6O3/c1-19(2,3)33-18(32)30-9-12(21)4-15(30)16(31)25-8-13-5-14(29-10-28-13)11-6-26-17(27-7-11)20(22,23)24/h5-7,10,12,15H,4,8-9H2,1-3H3,(H,25,31)/t12-,15-/m1/s1. The molecule has 2 amide bonds. The van der Waals surface area contributed by atoms with Crippen LogP contribution < -0.4 is 5.32 Å². The third-order valence-electron chi connectivity index (χ3n) is 4.55. The van der Waals surface area contributed by atoms with Crippen molar-refractivity contribution in [1.82, 2.24) is 30.2 Å². The number of alkyl halides is 4. The molecule has 0 saturated carbocycles. The molecule has 1 N–H and O–H groups in total. The predicted octanol–water partition coefficient (Wildman–Crippen LogP) is 2.92. The Bertz CT molecular complexity index is 1010. The molecule has 1 aliphatic rings. The van der Waals surface area contributed by atoms with Crippen molar-refractivity contribution < 1.29 is 31.9 Å². The van der Waals surface area contributed by atoms with Gasteiger partial charge in [0.15, 0.2) is 0 Å². The predicted molar refractivity (Wildman–Crippen MR) is 106 cm³/mol. The van der Waals surface area contributed by atoms with E-state index < -0.39 is 41.8 Å². The van der Waals surface area contributed by atoms with Gasteiger partial charge in [0, 0.05) is 24.4 Å².